The number of esters is 1. The molecule has 0 saturated carbocycles. The van der Waals surface area contributed by atoms with Crippen LogP contribution in [0.2, 0.25) is 0 Å². The van der Waals surface area contributed by atoms with Gasteiger partial charge in [-0.1, -0.05) is 6.07 Å². The van der Waals surface area contributed by atoms with E-state index in [9.17, 15) is 18.0 Å². The largest absolute Gasteiger partial charge is 0.489 e. The molecular formula is C20H18F3NO4. The minimum atomic E-state index is -4.57. The van der Waals surface area contributed by atoms with Gasteiger partial charge in [-0.15, -0.1) is 0 Å². The highest BCUT2D eigenvalue weighted by atomic mass is 19.4. The number of hydrogen-bond donors (Lipinski definition) is 0. The van der Waals surface area contributed by atoms with E-state index in [0.717, 1.165) is 6.20 Å². The van der Waals surface area contributed by atoms with Crippen LogP contribution in [0.4, 0.5) is 13.2 Å². The molecule has 3 aromatic rings. The standard InChI is InChI=1S/C20H18F3NO4/c1-4-26-19(25)17-12(3)28-16-8-11(2)15(9-14(16)17)27-10-13-6-5-7-24-18(13)20(21,22)23/h5-9H,4,10H2,1-3H3. The summed E-state index contributed by atoms with van der Waals surface area (Å²) in [5, 5.41) is 0.485. The lowest BCUT2D eigenvalue weighted by Gasteiger charge is -2.13. The highest BCUT2D eigenvalue weighted by molar-refractivity contribution is 6.05. The van der Waals surface area contributed by atoms with Crippen molar-refractivity contribution >= 4 is 16.9 Å². The topological polar surface area (TPSA) is 61.6 Å². The van der Waals surface area contributed by atoms with Crippen molar-refractivity contribution < 1.29 is 31.9 Å². The smallest absolute Gasteiger partial charge is 0.433 e. The van der Waals surface area contributed by atoms with Gasteiger partial charge < -0.3 is 13.9 Å². The SMILES string of the molecule is CCOC(=O)c1c(C)oc2cc(C)c(OCc3cccnc3C(F)(F)F)cc12. The molecule has 0 radical (unpaired) electrons. The van der Waals surface area contributed by atoms with Crippen LogP contribution in [0, 0.1) is 13.8 Å². The first kappa shape index (κ1) is 19.7. The van der Waals surface area contributed by atoms with Gasteiger partial charge in [0.2, 0.25) is 0 Å². The number of fused-ring (bicyclic) bond motifs is 1. The zero-order valence-corrected chi connectivity index (χ0v) is 15.5. The van der Waals surface area contributed by atoms with Gasteiger partial charge in [-0.05, 0) is 44.5 Å². The van der Waals surface area contributed by atoms with Crippen LogP contribution in [0.3, 0.4) is 0 Å². The zero-order valence-electron chi connectivity index (χ0n) is 15.5. The van der Waals surface area contributed by atoms with E-state index in [-0.39, 0.29) is 24.3 Å². The molecule has 0 spiro atoms. The summed E-state index contributed by atoms with van der Waals surface area (Å²) in [6.45, 7) is 4.97. The fourth-order valence-electron chi connectivity index (χ4n) is 2.93. The Morgan fingerprint density at radius 1 is 1.25 bits per heavy atom. The van der Waals surface area contributed by atoms with E-state index >= 15 is 0 Å². The van der Waals surface area contributed by atoms with Gasteiger partial charge in [0, 0.05) is 17.1 Å². The monoisotopic (exact) mass is 393 g/mol. The summed E-state index contributed by atoms with van der Waals surface area (Å²) < 4.78 is 55.6. The fourth-order valence-corrected chi connectivity index (χ4v) is 2.93. The minimum Gasteiger partial charge on any atom is -0.489 e. The van der Waals surface area contributed by atoms with E-state index in [1.165, 1.54) is 12.1 Å². The summed E-state index contributed by atoms with van der Waals surface area (Å²) in [5.74, 6) is 0.215. The summed E-state index contributed by atoms with van der Waals surface area (Å²) in [6, 6.07) is 5.99. The van der Waals surface area contributed by atoms with Gasteiger partial charge in [0.1, 0.15) is 29.3 Å². The van der Waals surface area contributed by atoms with E-state index in [2.05, 4.69) is 4.98 Å². The van der Waals surface area contributed by atoms with Crippen molar-refractivity contribution in [1.29, 1.82) is 0 Å². The number of aromatic nitrogens is 1. The van der Waals surface area contributed by atoms with E-state index in [0.29, 0.717) is 28.0 Å². The number of ether oxygens (including phenoxy) is 2. The molecular weight excluding hydrogens is 375 g/mol. The molecule has 2 aromatic heterocycles. The molecule has 3 rings (SSSR count). The van der Waals surface area contributed by atoms with Crippen molar-refractivity contribution in [2.24, 2.45) is 0 Å². The second kappa shape index (κ2) is 7.53. The summed E-state index contributed by atoms with van der Waals surface area (Å²) in [5.41, 5.74) is 0.347. The number of nitrogens with zero attached hydrogens (tertiary/aromatic N) is 1. The number of aryl methyl sites for hydroxylation is 2. The third-order valence-electron chi connectivity index (χ3n) is 4.18. The minimum absolute atomic E-state index is 0.0801. The van der Waals surface area contributed by atoms with Gasteiger partial charge in [0.05, 0.1) is 6.61 Å². The van der Waals surface area contributed by atoms with Gasteiger partial charge in [0.25, 0.3) is 0 Å². The Morgan fingerprint density at radius 2 is 2.00 bits per heavy atom. The quantitative estimate of drug-likeness (QED) is 0.556. The fraction of sp³-hybridized carbons (Fsp3) is 0.300. The second-order valence-corrected chi connectivity index (χ2v) is 6.17. The zero-order chi connectivity index (χ0) is 20.5. The first-order valence-corrected chi connectivity index (χ1v) is 8.57. The van der Waals surface area contributed by atoms with Crippen molar-refractivity contribution in [2.75, 3.05) is 6.61 Å². The summed E-state index contributed by atoms with van der Waals surface area (Å²) in [7, 11) is 0. The normalized spacial score (nSPS) is 11.6. The van der Waals surface area contributed by atoms with Gasteiger partial charge in [-0.3, -0.25) is 4.98 Å². The van der Waals surface area contributed by atoms with Crippen LogP contribution >= 0.6 is 0 Å². The molecule has 8 heteroatoms. The maximum Gasteiger partial charge on any atom is 0.433 e. The molecule has 0 N–H and O–H groups in total. The van der Waals surface area contributed by atoms with Gasteiger partial charge in [-0.25, -0.2) is 4.79 Å². The molecule has 1 aromatic carbocycles. The molecule has 0 atom stereocenters. The Bertz CT molecular complexity index is 1020. The maximum absolute atomic E-state index is 13.1. The van der Waals surface area contributed by atoms with Crippen LogP contribution < -0.4 is 4.74 Å². The molecule has 0 bridgehead atoms. The lowest BCUT2D eigenvalue weighted by Crippen LogP contribution is -2.13. The molecule has 148 valence electrons. The summed E-state index contributed by atoms with van der Waals surface area (Å²) in [4.78, 5) is 15.6. The predicted octanol–water partition coefficient (Wildman–Crippen LogP) is 5.22. The van der Waals surface area contributed by atoms with E-state index < -0.39 is 17.8 Å². The number of hydrogen-bond acceptors (Lipinski definition) is 5. The van der Waals surface area contributed by atoms with Crippen molar-refractivity contribution in [1.82, 2.24) is 4.98 Å². The predicted molar refractivity (Wildman–Crippen MR) is 95.2 cm³/mol. The first-order valence-electron chi connectivity index (χ1n) is 8.57. The number of benzene rings is 1. The lowest BCUT2D eigenvalue weighted by atomic mass is 10.1. The van der Waals surface area contributed by atoms with Crippen LogP contribution in [-0.2, 0) is 17.5 Å². The van der Waals surface area contributed by atoms with E-state index in [1.54, 1.807) is 32.9 Å². The first-order chi connectivity index (χ1) is 13.2. The number of pyridine rings is 1. The molecule has 0 aliphatic heterocycles. The highest BCUT2D eigenvalue weighted by Gasteiger charge is 2.35. The van der Waals surface area contributed by atoms with Crippen LogP contribution in [0.25, 0.3) is 11.0 Å². The molecule has 5 nitrogen and oxygen atoms in total. The van der Waals surface area contributed by atoms with Crippen LogP contribution in [0.5, 0.6) is 5.75 Å². The Balaban J connectivity index is 1.95. The van der Waals surface area contributed by atoms with Crippen LogP contribution in [0.15, 0.2) is 34.9 Å². The maximum atomic E-state index is 13.1. The van der Waals surface area contributed by atoms with Crippen molar-refractivity contribution in [3.63, 3.8) is 0 Å². The van der Waals surface area contributed by atoms with Crippen LogP contribution in [0.1, 0.15) is 39.9 Å². The Hall–Kier alpha value is -3.03. The highest BCUT2D eigenvalue weighted by Crippen LogP contribution is 2.34. The molecule has 0 fully saturated rings. The molecule has 0 unspecified atom stereocenters. The Morgan fingerprint density at radius 3 is 2.68 bits per heavy atom. The van der Waals surface area contributed by atoms with Crippen molar-refractivity contribution in [3.8, 4) is 5.75 Å². The number of furan rings is 1. The number of rotatable bonds is 5. The van der Waals surface area contributed by atoms with Gasteiger partial charge >= 0.3 is 12.1 Å². The van der Waals surface area contributed by atoms with E-state index in [1.807, 2.05) is 0 Å². The van der Waals surface area contributed by atoms with Crippen molar-refractivity contribution in [3.05, 3.63) is 58.6 Å². The Labute approximate surface area is 159 Å². The second-order valence-electron chi connectivity index (χ2n) is 6.17. The number of halogens is 3. The molecule has 0 amide bonds. The summed E-state index contributed by atoms with van der Waals surface area (Å²) >= 11 is 0. The molecule has 28 heavy (non-hydrogen) atoms. The summed E-state index contributed by atoms with van der Waals surface area (Å²) in [6.07, 6.45) is -3.48. The van der Waals surface area contributed by atoms with Gasteiger partial charge in [0.15, 0.2) is 5.69 Å². The third-order valence-corrected chi connectivity index (χ3v) is 4.18. The number of carbonyl (C=O) groups excluding carboxylic acids is 1. The molecule has 2 heterocycles. The third kappa shape index (κ3) is 3.81. The average Bonchev–Trinajstić information content (AvgIpc) is 2.94. The van der Waals surface area contributed by atoms with Gasteiger partial charge in [-0.2, -0.15) is 13.2 Å². The van der Waals surface area contributed by atoms with E-state index in [4.69, 9.17) is 13.9 Å². The number of carbonyl (C=O) groups is 1. The molecule has 0 aliphatic carbocycles. The average molecular weight is 393 g/mol. The van der Waals surface area contributed by atoms with Crippen LogP contribution in [-0.4, -0.2) is 17.6 Å². The lowest BCUT2D eigenvalue weighted by molar-refractivity contribution is -0.142. The molecule has 0 saturated heterocycles. The number of alkyl halides is 3. The van der Waals surface area contributed by atoms with Crippen molar-refractivity contribution in [2.45, 2.75) is 33.6 Å². The Kier molecular flexibility index (Phi) is 5.31. The molecule has 0 aliphatic rings.